The van der Waals surface area contributed by atoms with Gasteiger partial charge in [0.15, 0.2) is 6.39 Å². The SMILES string of the molecule is Cc1ocnc1CN1CCC(O)C(C)C1. The lowest BCUT2D eigenvalue weighted by Gasteiger charge is -2.33. The lowest BCUT2D eigenvalue weighted by Crippen LogP contribution is -2.41. The first-order chi connectivity index (χ1) is 7.16. The first-order valence-electron chi connectivity index (χ1n) is 5.46. The van der Waals surface area contributed by atoms with Gasteiger partial charge in [-0.05, 0) is 19.3 Å². The number of likely N-dealkylation sites (tertiary alicyclic amines) is 1. The molecule has 1 aromatic rings. The number of piperidine rings is 1. The largest absolute Gasteiger partial charge is 0.448 e. The maximum atomic E-state index is 9.62. The van der Waals surface area contributed by atoms with Gasteiger partial charge in [-0.1, -0.05) is 6.92 Å². The van der Waals surface area contributed by atoms with Crippen LogP contribution in [0.5, 0.6) is 0 Å². The number of aliphatic hydroxyl groups is 1. The molecule has 1 aliphatic heterocycles. The summed E-state index contributed by atoms with van der Waals surface area (Å²) in [6, 6.07) is 0. The molecule has 1 fully saturated rings. The van der Waals surface area contributed by atoms with E-state index in [0.29, 0.717) is 5.92 Å². The lowest BCUT2D eigenvalue weighted by atomic mass is 9.97. The molecule has 2 heterocycles. The van der Waals surface area contributed by atoms with Crippen LogP contribution in [0.1, 0.15) is 24.8 Å². The molecule has 4 nitrogen and oxygen atoms in total. The molecule has 0 bridgehead atoms. The molecule has 2 unspecified atom stereocenters. The molecule has 0 aromatic carbocycles. The highest BCUT2D eigenvalue weighted by Gasteiger charge is 2.24. The second kappa shape index (κ2) is 4.33. The Morgan fingerprint density at radius 3 is 3.07 bits per heavy atom. The van der Waals surface area contributed by atoms with Gasteiger partial charge in [0.2, 0.25) is 0 Å². The summed E-state index contributed by atoms with van der Waals surface area (Å²) in [6.07, 6.45) is 2.21. The van der Waals surface area contributed by atoms with E-state index in [1.165, 1.54) is 6.39 Å². The van der Waals surface area contributed by atoms with Gasteiger partial charge in [-0.2, -0.15) is 0 Å². The average Bonchev–Trinajstić information content (AvgIpc) is 2.59. The quantitative estimate of drug-likeness (QED) is 0.796. The highest BCUT2D eigenvalue weighted by molar-refractivity contribution is 5.04. The van der Waals surface area contributed by atoms with Gasteiger partial charge in [-0.15, -0.1) is 0 Å². The predicted molar refractivity (Wildman–Crippen MR) is 56.3 cm³/mol. The van der Waals surface area contributed by atoms with Gasteiger partial charge in [-0.3, -0.25) is 4.90 Å². The highest BCUT2D eigenvalue weighted by Crippen LogP contribution is 2.19. The lowest BCUT2D eigenvalue weighted by molar-refractivity contribution is 0.0315. The van der Waals surface area contributed by atoms with Crippen LogP contribution in [0.2, 0.25) is 0 Å². The molecule has 1 saturated heterocycles. The van der Waals surface area contributed by atoms with Crippen molar-refractivity contribution in [1.82, 2.24) is 9.88 Å². The van der Waals surface area contributed by atoms with Crippen molar-refractivity contribution in [1.29, 1.82) is 0 Å². The summed E-state index contributed by atoms with van der Waals surface area (Å²) < 4.78 is 5.17. The molecular formula is C11H18N2O2. The van der Waals surface area contributed by atoms with Crippen molar-refractivity contribution in [2.24, 2.45) is 5.92 Å². The number of aromatic nitrogens is 1. The van der Waals surface area contributed by atoms with E-state index >= 15 is 0 Å². The molecule has 2 atom stereocenters. The Morgan fingerprint density at radius 2 is 2.47 bits per heavy atom. The van der Waals surface area contributed by atoms with E-state index in [0.717, 1.165) is 37.5 Å². The van der Waals surface area contributed by atoms with Gasteiger partial charge in [0.25, 0.3) is 0 Å². The number of nitrogens with zero attached hydrogens (tertiary/aromatic N) is 2. The zero-order chi connectivity index (χ0) is 10.8. The molecule has 2 rings (SSSR count). The van der Waals surface area contributed by atoms with Crippen LogP contribution >= 0.6 is 0 Å². The minimum absolute atomic E-state index is 0.139. The Labute approximate surface area is 89.9 Å². The molecule has 0 saturated carbocycles. The van der Waals surface area contributed by atoms with Gasteiger partial charge in [0.05, 0.1) is 11.8 Å². The molecule has 4 heteroatoms. The van der Waals surface area contributed by atoms with Gasteiger partial charge < -0.3 is 9.52 Å². The highest BCUT2D eigenvalue weighted by atomic mass is 16.3. The molecule has 1 aliphatic rings. The second-order valence-electron chi connectivity index (χ2n) is 4.42. The van der Waals surface area contributed by atoms with Crippen LogP contribution in [0.3, 0.4) is 0 Å². The maximum absolute atomic E-state index is 9.62. The topological polar surface area (TPSA) is 49.5 Å². The molecule has 0 radical (unpaired) electrons. The molecule has 15 heavy (non-hydrogen) atoms. The van der Waals surface area contributed by atoms with Crippen LogP contribution in [0, 0.1) is 12.8 Å². The minimum Gasteiger partial charge on any atom is -0.448 e. The van der Waals surface area contributed by atoms with Gasteiger partial charge in [0, 0.05) is 19.6 Å². The summed E-state index contributed by atoms with van der Waals surface area (Å²) in [7, 11) is 0. The van der Waals surface area contributed by atoms with E-state index in [4.69, 9.17) is 4.42 Å². The number of aryl methyl sites for hydroxylation is 1. The number of hydrogen-bond donors (Lipinski definition) is 1. The summed E-state index contributed by atoms with van der Waals surface area (Å²) in [4.78, 5) is 6.50. The molecule has 0 amide bonds. The average molecular weight is 210 g/mol. The van der Waals surface area contributed by atoms with Crippen molar-refractivity contribution in [2.75, 3.05) is 13.1 Å². The maximum Gasteiger partial charge on any atom is 0.181 e. The first kappa shape index (κ1) is 10.6. The Morgan fingerprint density at radius 1 is 1.67 bits per heavy atom. The predicted octanol–water partition coefficient (Wildman–Crippen LogP) is 1.19. The third-order valence-corrected chi connectivity index (χ3v) is 3.16. The number of aliphatic hydroxyl groups excluding tert-OH is 1. The van der Waals surface area contributed by atoms with E-state index < -0.39 is 0 Å². The van der Waals surface area contributed by atoms with E-state index in [-0.39, 0.29) is 6.10 Å². The molecule has 1 aromatic heterocycles. The Balaban J connectivity index is 1.94. The molecular weight excluding hydrogens is 192 g/mol. The Bertz CT molecular complexity index is 324. The Kier molecular flexibility index (Phi) is 3.07. The fourth-order valence-corrected chi connectivity index (χ4v) is 2.06. The number of rotatable bonds is 2. The Hall–Kier alpha value is -0.870. The summed E-state index contributed by atoms with van der Waals surface area (Å²) in [5, 5.41) is 9.62. The summed E-state index contributed by atoms with van der Waals surface area (Å²) >= 11 is 0. The fourth-order valence-electron chi connectivity index (χ4n) is 2.06. The first-order valence-corrected chi connectivity index (χ1v) is 5.46. The van der Waals surface area contributed by atoms with Crippen molar-refractivity contribution in [3.8, 4) is 0 Å². The van der Waals surface area contributed by atoms with Crippen molar-refractivity contribution in [2.45, 2.75) is 32.9 Å². The van der Waals surface area contributed by atoms with E-state index in [9.17, 15) is 5.11 Å². The van der Waals surface area contributed by atoms with Crippen molar-refractivity contribution in [3.63, 3.8) is 0 Å². The van der Waals surface area contributed by atoms with Crippen molar-refractivity contribution >= 4 is 0 Å². The third kappa shape index (κ3) is 2.38. The number of oxazole rings is 1. The van der Waals surface area contributed by atoms with E-state index in [1.807, 2.05) is 6.92 Å². The van der Waals surface area contributed by atoms with Gasteiger partial charge in [0.1, 0.15) is 5.76 Å². The van der Waals surface area contributed by atoms with Crippen LogP contribution in [-0.2, 0) is 6.54 Å². The number of hydrogen-bond acceptors (Lipinski definition) is 4. The van der Waals surface area contributed by atoms with Crippen molar-refractivity contribution < 1.29 is 9.52 Å². The summed E-state index contributed by atoms with van der Waals surface area (Å²) in [5.74, 6) is 1.25. The standard InChI is InChI=1S/C11H18N2O2/c1-8-5-13(4-3-11(8)14)6-10-9(2)15-7-12-10/h7-8,11,14H,3-6H2,1-2H3. The van der Waals surface area contributed by atoms with Crippen LogP contribution < -0.4 is 0 Å². The zero-order valence-electron chi connectivity index (χ0n) is 9.31. The third-order valence-electron chi connectivity index (χ3n) is 3.16. The van der Waals surface area contributed by atoms with Crippen LogP contribution in [0.15, 0.2) is 10.8 Å². The monoisotopic (exact) mass is 210 g/mol. The van der Waals surface area contributed by atoms with Gasteiger partial charge >= 0.3 is 0 Å². The molecule has 1 N–H and O–H groups in total. The molecule has 0 aliphatic carbocycles. The van der Waals surface area contributed by atoms with Crippen LogP contribution in [0.25, 0.3) is 0 Å². The van der Waals surface area contributed by atoms with Gasteiger partial charge in [-0.25, -0.2) is 4.98 Å². The summed E-state index contributed by atoms with van der Waals surface area (Å²) in [6.45, 7) is 6.74. The molecule has 84 valence electrons. The summed E-state index contributed by atoms with van der Waals surface area (Å²) in [5.41, 5.74) is 1.01. The zero-order valence-corrected chi connectivity index (χ0v) is 9.31. The smallest absolute Gasteiger partial charge is 0.181 e. The van der Waals surface area contributed by atoms with Crippen LogP contribution in [0.4, 0.5) is 0 Å². The second-order valence-corrected chi connectivity index (χ2v) is 4.42. The van der Waals surface area contributed by atoms with Crippen molar-refractivity contribution in [3.05, 3.63) is 17.8 Å². The van der Waals surface area contributed by atoms with E-state index in [1.54, 1.807) is 0 Å². The normalized spacial score (nSPS) is 28.2. The fraction of sp³-hybridized carbons (Fsp3) is 0.727. The molecule has 0 spiro atoms. The van der Waals surface area contributed by atoms with Crippen LogP contribution in [-0.4, -0.2) is 34.2 Å². The minimum atomic E-state index is -0.139. The van der Waals surface area contributed by atoms with E-state index in [2.05, 4.69) is 16.8 Å².